The van der Waals surface area contributed by atoms with Gasteiger partial charge >= 0.3 is 0 Å². The fourth-order valence-electron chi connectivity index (χ4n) is 2.63. The zero-order chi connectivity index (χ0) is 16.9. The number of rotatable bonds is 6. The van der Waals surface area contributed by atoms with Gasteiger partial charge in [-0.05, 0) is 53.8 Å². The molecule has 0 fully saturated rings. The molecule has 1 amide bonds. The van der Waals surface area contributed by atoms with Gasteiger partial charge in [-0.15, -0.1) is 11.3 Å². The van der Waals surface area contributed by atoms with Gasteiger partial charge in [-0.3, -0.25) is 9.48 Å². The third-order valence-corrected chi connectivity index (χ3v) is 5.28. The molecule has 0 spiro atoms. The first-order chi connectivity index (χ1) is 11.6. The Bertz CT molecular complexity index is 830. The SMILES string of the molecule is Cc1nn(CCNC(=O)C=Cc2cccs2)c(C)c1-c1ccsc1. The number of aromatic nitrogens is 2. The smallest absolute Gasteiger partial charge is 0.244 e. The van der Waals surface area contributed by atoms with Crippen LogP contribution in [0.4, 0.5) is 0 Å². The molecule has 0 bridgehead atoms. The summed E-state index contributed by atoms with van der Waals surface area (Å²) in [6, 6.07) is 6.07. The van der Waals surface area contributed by atoms with Crippen LogP contribution in [0, 0.1) is 13.8 Å². The van der Waals surface area contributed by atoms with Gasteiger partial charge in [0.05, 0.1) is 12.2 Å². The van der Waals surface area contributed by atoms with E-state index in [4.69, 9.17) is 0 Å². The van der Waals surface area contributed by atoms with Crippen LogP contribution in [0.5, 0.6) is 0 Å². The zero-order valence-electron chi connectivity index (χ0n) is 13.7. The minimum absolute atomic E-state index is 0.0806. The van der Waals surface area contributed by atoms with Crippen LogP contribution in [-0.2, 0) is 11.3 Å². The van der Waals surface area contributed by atoms with Crippen LogP contribution >= 0.6 is 22.7 Å². The molecule has 0 radical (unpaired) electrons. The van der Waals surface area contributed by atoms with Gasteiger partial charge in [0.1, 0.15) is 0 Å². The molecule has 0 unspecified atom stereocenters. The van der Waals surface area contributed by atoms with E-state index in [0.29, 0.717) is 13.1 Å². The fourth-order valence-corrected chi connectivity index (χ4v) is 3.89. The lowest BCUT2D eigenvalue weighted by Crippen LogP contribution is -2.26. The average molecular weight is 358 g/mol. The summed E-state index contributed by atoms with van der Waals surface area (Å²) in [5, 5.41) is 13.7. The lowest BCUT2D eigenvalue weighted by molar-refractivity contribution is -0.116. The van der Waals surface area contributed by atoms with Crippen LogP contribution in [0.1, 0.15) is 16.3 Å². The maximum Gasteiger partial charge on any atom is 0.244 e. The highest BCUT2D eigenvalue weighted by molar-refractivity contribution is 7.10. The first-order valence-corrected chi connectivity index (χ1v) is 9.53. The van der Waals surface area contributed by atoms with Crippen molar-refractivity contribution in [1.82, 2.24) is 15.1 Å². The van der Waals surface area contributed by atoms with Crippen molar-refractivity contribution in [2.45, 2.75) is 20.4 Å². The molecule has 124 valence electrons. The molecule has 3 aromatic heterocycles. The molecule has 4 nitrogen and oxygen atoms in total. The van der Waals surface area contributed by atoms with Gasteiger partial charge in [-0.1, -0.05) is 6.07 Å². The Morgan fingerprint density at radius 3 is 2.92 bits per heavy atom. The molecular weight excluding hydrogens is 338 g/mol. The molecule has 3 aromatic rings. The van der Waals surface area contributed by atoms with Gasteiger partial charge in [0.25, 0.3) is 0 Å². The third kappa shape index (κ3) is 3.83. The molecular formula is C18H19N3OS2. The van der Waals surface area contributed by atoms with E-state index in [2.05, 4.69) is 34.2 Å². The highest BCUT2D eigenvalue weighted by Gasteiger charge is 2.13. The second-order valence-corrected chi connectivity index (χ2v) is 7.18. The molecule has 0 aliphatic rings. The Morgan fingerprint density at radius 1 is 1.33 bits per heavy atom. The number of nitrogens with one attached hydrogen (secondary N) is 1. The first kappa shape index (κ1) is 16.7. The summed E-state index contributed by atoms with van der Waals surface area (Å²) in [5.41, 5.74) is 4.56. The summed E-state index contributed by atoms with van der Waals surface area (Å²) < 4.78 is 1.96. The Kier molecular flexibility index (Phi) is 5.27. The molecule has 3 rings (SSSR count). The topological polar surface area (TPSA) is 46.9 Å². The molecule has 3 heterocycles. The van der Waals surface area contributed by atoms with Crippen LogP contribution in [0.15, 0.2) is 40.4 Å². The van der Waals surface area contributed by atoms with E-state index in [1.807, 2.05) is 35.2 Å². The standard InChI is InChI=1S/C18H19N3OS2/c1-13-18(15-7-11-23-12-15)14(2)21(20-13)9-8-19-17(22)6-5-16-4-3-10-24-16/h3-7,10-12H,8-9H2,1-2H3,(H,19,22). The summed E-state index contributed by atoms with van der Waals surface area (Å²) in [4.78, 5) is 12.9. The predicted octanol–water partition coefficient (Wildman–Crippen LogP) is 4.12. The van der Waals surface area contributed by atoms with Gasteiger partial charge in [0.15, 0.2) is 0 Å². The summed E-state index contributed by atoms with van der Waals surface area (Å²) >= 11 is 3.30. The number of carbonyl (C=O) groups is 1. The number of carbonyl (C=O) groups excluding carboxylic acids is 1. The van der Waals surface area contributed by atoms with Gasteiger partial charge < -0.3 is 5.32 Å². The van der Waals surface area contributed by atoms with Crippen molar-refractivity contribution in [3.05, 3.63) is 56.7 Å². The van der Waals surface area contributed by atoms with E-state index < -0.39 is 0 Å². The second kappa shape index (κ2) is 7.59. The number of hydrogen-bond donors (Lipinski definition) is 1. The minimum Gasteiger partial charge on any atom is -0.351 e. The van der Waals surface area contributed by atoms with Crippen LogP contribution in [0.25, 0.3) is 17.2 Å². The van der Waals surface area contributed by atoms with Crippen molar-refractivity contribution >= 4 is 34.7 Å². The van der Waals surface area contributed by atoms with E-state index in [0.717, 1.165) is 16.3 Å². The van der Waals surface area contributed by atoms with Gasteiger partial charge in [0.2, 0.25) is 5.91 Å². The number of nitrogens with zero attached hydrogens (tertiary/aromatic N) is 2. The Hall–Kier alpha value is -2.18. The van der Waals surface area contributed by atoms with Crippen molar-refractivity contribution < 1.29 is 4.79 Å². The van der Waals surface area contributed by atoms with Crippen molar-refractivity contribution in [2.75, 3.05) is 6.54 Å². The van der Waals surface area contributed by atoms with Crippen molar-refractivity contribution in [3.8, 4) is 11.1 Å². The van der Waals surface area contributed by atoms with Crippen molar-refractivity contribution in [2.24, 2.45) is 0 Å². The Morgan fingerprint density at radius 2 is 2.21 bits per heavy atom. The largest absolute Gasteiger partial charge is 0.351 e. The summed E-state index contributed by atoms with van der Waals surface area (Å²) in [6.45, 7) is 5.32. The first-order valence-electron chi connectivity index (χ1n) is 7.71. The van der Waals surface area contributed by atoms with Crippen LogP contribution in [0.3, 0.4) is 0 Å². The van der Waals surface area contributed by atoms with Crippen LogP contribution < -0.4 is 5.32 Å². The summed E-state index contributed by atoms with van der Waals surface area (Å²) in [5.74, 6) is -0.0806. The number of aryl methyl sites for hydroxylation is 1. The molecule has 0 aliphatic carbocycles. The molecule has 0 atom stereocenters. The van der Waals surface area contributed by atoms with E-state index in [1.165, 1.54) is 11.1 Å². The van der Waals surface area contributed by atoms with Gasteiger partial charge in [-0.25, -0.2) is 0 Å². The van der Waals surface area contributed by atoms with E-state index in [9.17, 15) is 4.79 Å². The van der Waals surface area contributed by atoms with Crippen molar-refractivity contribution in [3.63, 3.8) is 0 Å². The molecule has 24 heavy (non-hydrogen) atoms. The molecule has 6 heteroatoms. The van der Waals surface area contributed by atoms with Crippen LogP contribution in [-0.4, -0.2) is 22.2 Å². The number of amides is 1. The minimum atomic E-state index is -0.0806. The van der Waals surface area contributed by atoms with Crippen molar-refractivity contribution in [1.29, 1.82) is 0 Å². The molecule has 1 N–H and O–H groups in total. The zero-order valence-corrected chi connectivity index (χ0v) is 15.3. The Balaban J connectivity index is 1.57. The highest BCUT2D eigenvalue weighted by Crippen LogP contribution is 2.28. The van der Waals surface area contributed by atoms with E-state index in [-0.39, 0.29) is 5.91 Å². The monoisotopic (exact) mass is 357 g/mol. The normalized spacial score (nSPS) is 11.2. The number of thiophene rings is 2. The summed E-state index contributed by atoms with van der Waals surface area (Å²) in [7, 11) is 0. The lowest BCUT2D eigenvalue weighted by Gasteiger charge is -2.06. The third-order valence-electron chi connectivity index (χ3n) is 3.76. The molecule has 0 saturated heterocycles. The van der Waals surface area contributed by atoms with E-state index >= 15 is 0 Å². The maximum absolute atomic E-state index is 11.9. The highest BCUT2D eigenvalue weighted by atomic mass is 32.1. The van der Waals surface area contributed by atoms with E-state index in [1.54, 1.807) is 28.7 Å². The maximum atomic E-state index is 11.9. The predicted molar refractivity (Wildman–Crippen MR) is 101 cm³/mol. The molecule has 0 aromatic carbocycles. The van der Waals surface area contributed by atoms with Gasteiger partial charge in [-0.2, -0.15) is 16.4 Å². The quantitative estimate of drug-likeness (QED) is 0.675. The fraction of sp³-hybridized carbons (Fsp3) is 0.222. The second-order valence-electron chi connectivity index (χ2n) is 5.42. The van der Waals surface area contributed by atoms with Crippen LogP contribution in [0.2, 0.25) is 0 Å². The number of hydrogen-bond acceptors (Lipinski definition) is 4. The summed E-state index contributed by atoms with van der Waals surface area (Å²) in [6.07, 6.45) is 3.40. The lowest BCUT2D eigenvalue weighted by atomic mass is 10.1. The Labute approximate surface area is 149 Å². The van der Waals surface area contributed by atoms with Gasteiger partial charge in [0, 0.05) is 28.8 Å². The molecule has 0 aliphatic heterocycles. The molecule has 0 saturated carbocycles. The average Bonchev–Trinajstić information content (AvgIpc) is 3.28.